The van der Waals surface area contributed by atoms with E-state index in [4.69, 9.17) is 4.74 Å². The molecule has 36 heavy (non-hydrogen) atoms. The standard InChI is InChI=1S/C28H31N7O/c1-19-13-34(10-9-30-19)24-5-3-22-15-33(16-23(22)11-24)17-25-18-35(14-20(2)36-25)26-6-4-21(12-29)27-28(26)32-8-7-31-27/h3-8,11,15-16,19-20,25,30H,9-10,13-14,17-18H2,1-2H3/t19?,20-,25+/m1/s1. The number of piperazine rings is 1. The molecule has 0 radical (unpaired) electrons. The first-order chi connectivity index (χ1) is 17.6. The molecule has 1 N–H and O–H groups in total. The van der Waals surface area contributed by atoms with Crippen molar-refractivity contribution in [3.8, 4) is 6.07 Å². The van der Waals surface area contributed by atoms with Crippen LogP contribution in [0.4, 0.5) is 11.4 Å². The van der Waals surface area contributed by atoms with Crippen LogP contribution in [0.2, 0.25) is 0 Å². The monoisotopic (exact) mass is 481 g/mol. The molecule has 8 nitrogen and oxygen atoms in total. The summed E-state index contributed by atoms with van der Waals surface area (Å²) in [6.45, 7) is 9.74. The lowest BCUT2D eigenvalue weighted by molar-refractivity contribution is -0.0238. The van der Waals surface area contributed by atoms with Gasteiger partial charge in [0.15, 0.2) is 0 Å². The molecule has 0 amide bonds. The van der Waals surface area contributed by atoms with Crippen LogP contribution in [0.3, 0.4) is 0 Å². The molecule has 2 aliphatic heterocycles. The van der Waals surface area contributed by atoms with Gasteiger partial charge in [-0.05, 0) is 43.5 Å². The molecule has 0 aliphatic carbocycles. The van der Waals surface area contributed by atoms with Crippen LogP contribution in [0.1, 0.15) is 19.4 Å². The van der Waals surface area contributed by atoms with Gasteiger partial charge in [0.1, 0.15) is 17.1 Å². The number of anilines is 2. The summed E-state index contributed by atoms with van der Waals surface area (Å²) in [6, 6.07) is 13.4. The minimum atomic E-state index is 0.0337. The number of rotatable bonds is 4. The molecule has 4 aromatic rings. The molecule has 6 rings (SSSR count). The summed E-state index contributed by atoms with van der Waals surface area (Å²) < 4.78 is 8.62. The zero-order valence-corrected chi connectivity index (χ0v) is 20.8. The number of ether oxygens (including phenoxy) is 1. The van der Waals surface area contributed by atoms with Crippen molar-refractivity contribution in [1.82, 2.24) is 19.9 Å². The topological polar surface area (TPSA) is 82.2 Å². The Morgan fingerprint density at radius 2 is 1.83 bits per heavy atom. The van der Waals surface area contributed by atoms with Gasteiger partial charge in [-0.2, -0.15) is 5.26 Å². The molecule has 2 fully saturated rings. The van der Waals surface area contributed by atoms with Crippen LogP contribution in [-0.2, 0) is 11.3 Å². The minimum absolute atomic E-state index is 0.0337. The maximum absolute atomic E-state index is 9.49. The van der Waals surface area contributed by atoms with Crippen molar-refractivity contribution < 1.29 is 4.74 Å². The number of hydrogen-bond donors (Lipinski definition) is 1. The Labute approximate surface area is 211 Å². The summed E-state index contributed by atoms with van der Waals surface area (Å²) in [5, 5.41) is 15.5. The van der Waals surface area contributed by atoms with E-state index in [1.165, 1.54) is 16.5 Å². The Kier molecular flexibility index (Phi) is 5.96. The van der Waals surface area contributed by atoms with Gasteiger partial charge < -0.3 is 24.4 Å². The van der Waals surface area contributed by atoms with E-state index in [-0.39, 0.29) is 12.2 Å². The molecule has 2 aliphatic rings. The number of benzene rings is 2. The fraction of sp³-hybridized carbons (Fsp3) is 0.393. The van der Waals surface area contributed by atoms with Gasteiger partial charge in [0, 0.05) is 74.6 Å². The Morgan fingerprint density at radius 3 is 2.67 bits per heavy atom. The van der Waals surface area contributed by atoms with E-state index in [1.807, 2.05) is 12.1 Å². The first kappa shape index (κ1) is 22.8. The zero-order chi connectivity index (χ0) is 24.6. The Hall–Kier alpha value is -3.67. The largest absolute Gasteiger partial charge is 0.370 e. The van der Waals surface area contributed by atoms with Crippen LogP contribution < -0.4 is 15.1 Å². The van der Waals surface area contributed by atoms with Gasteiger partial charge >= 0.3 is 0 Å². The fourth-order valence-electron chi connectivity index (χ4n) is 5.62. The molecule has 3 atom stereocenters. The van der Waals surface area contributed by atoms with Gasteiger partial charge in [0.05, 0.1) is 30.0 Å². The third kappa shape index (κ3) is 4.36. The summed E-state index contributed by atoms with van der Waals surface area (Å²) >= 11 is 0. The smallest absolute Gasteiger partial charge is 0.113 e. The third-order valence-electron chi connectivity index (χ3n) is 7.22. The second-order valence-electron chi connectivity index (χ2n) is 10.0. The summed E-state index contributed by atoms with van der Waals surface area (Å²) in [7, 11) is 0. The number of nitriles is 1. The third-order valence-corrected chi connectivity index (χ3v) is 7.22. The van der Waals surface area contributed by atoms with Crippen molar-refractivity contribution in [3.63, 3.8) is 0 Å². The lowest BCUT2D eigenvalue weighted by Crippen LogP contribution is -2.49. The van der Waals surface area contributed by atoms with Crippen molar-refractivity contribution in [3.05, 3.63) is 60.7 Å². The van der Waals surface area contributed by atoms with Crippen molar-refractivity contribution in [2.75, 3.05) is 42.5 Å². The van der Waals surface area contributed by atoms with Crippen LogP contribution in [0, 0.1) is 11.3 Å². The number of nitrogens with zero attached hydrogens (tertiary/aromatic N) is 6. The number of hydrogen-bond acceptors (Lipinski definition) is 7. The number of morpholine rings is 1. The fourth-order valence-corrected chi connectivity index (χ4v) is 5.62. The summed E-state index contributed by atoms with van der Waals surface area (Å²) in [4.78, 5) is 13.8. The van der Waals surface area contributed by atoms with Crippen LogP contribution in [0.25, 0.3) is 21.8 Å². The zero-order valence-electron chi connectivity index (χ0n) is 20.8. The quantitative estimate of drug-likeness (QED) is 0.477. The lowest BCUT2D eigenvalue weighted by Gasteiger charge is -2.38. The van der Waals surface area contributed by atoms with Crippen molar-refractivity contribution in [1.29, 1.82) is 5.26 Å². The Bertz CT molecular complexity index is 1440. The van der Waals surface area contributed by atoms with Crippen LogP contribution in [0.15, 0.2) is 55.1 Å². The van der Waals surface area contributed by atoms with Gasteiger partial charge in [-0.3, -0.25) is 9.97 Å². The van der Waals surface area contributed by atoms with Crippen molar-refractivity contribution in [2.24, 2.45) is 0 Å². The molecule has 2 aromatic carbocycles. The average molecular weight is 482 g/mol. The number of fused-ring (bicyclic) bond motifs is 2. The Morgan fingerprint density at radius 1 is 1.00 bits per heavy atom. The molecule has 1 unspecified atom stereocenters. The highest BCUT2D eigenvalue weighted by molar-refractivity contribution is 5.92. The van der Waals surface area contributed by atoms with Crippen LogP contribution >= 0.6 is 0 Å². The first-order valence-electron chi connectivity index (χ1n) is 12.7. The normalized spacial score (nSPS) is 22.8. The van der Waals surface area contributed by atoms with Gasteiger partial charge in [-0.1, -0.05) is 6.07 Å². The van der Waals surface area contributed by atoms with E-state index in [1.54, 1.807) is 12.4 Å². The van der Waals surface area contributed by atoms with Gasteiger partial charge in [0.25, 0.3) is 0 Å². The van der Waals surface area contributed by atoms with E-state index in [9.17, 15) is 5.26 Å². The average Bonchev–Trinajstić information content (AvgIpc) is 3.29. The summed E-state index contributed by atoms with van der Waals surface area (Å²) in [5.41, 5.74) is 4.26. The molecular weight excluding hydrogens is 450 g/mol. The van der Waals surface area contributed by atoms with Gasteiger partial charge in [0.2, 0.25) is 0 Å². The molecule has 2 saturated heterocycles. The summed E-state index contributed by atoms with van der Waals surface area (Å²) in [6.07, 6.45) is 7.90. The lowest BCUT2D eigenvalue weighted by atomic mass is 10.1. The highest BCUT2D eigenvalue weighted by Gasteiger charge is 2.27. The molecule has 0 bridgehead atoms. The Balaban J connectivity index is 1.23. The minimum Gasteiger partial charge on any atom is -0.370 e. The van der Waals surface area contributed by atoms with Gasteiger partial charge in [-0.25, -0.2) is 0 Å². The summed E-state index contributed by atoms with van der Waals surface area (Å²) in [5.74, 6) is 0. The molecule has 0 spiro atoms. The predicted octanol–water partition coefficient (Wildman–Crippen LogP) is 3.55. The van der Waals surface area contributed by atoms with E-state index >= 15 is 0 Å². The maximum Gasteiger partial charge on any atom is 0.113 e. The maximum atomic E-state index is 9.49. The van der Waals surface area contributed by atoms with Gasteiger partial charge in [-0.15, -0.1) is 0 Å². The molecule has 4 heterocycles. The molecular formula is C28H31N7O. The van der Waals surface area contributed by atoms with Crippen LogP contribution in [0.5, 0.6) is 0 Å². The number of nitrogens with one attached hydrogen (secondary N) is 1. The van der Waals surface area contributed by atoms with Crippen molar-refractivity contribution in [2.45, 2.75) is 38.6 Å². The highest BCUT2D eigenvalue weighted by atomic mass is 16.5. The van der Waals surface area contributed by atoms with Crippen LogP contribution in [-0.4, -0.2) is 65.5 Å². The number of aromatic nitrogens is 3. The second kappa shape index (κ2) is 9.41. The molecule has 2 aromatic heterocycles. The van der Waals surface area contributed by atoms with E-state index in [0.717, 1.165) is 50.5 Å². The van der Waals surface area contributed by atoms with E-state index in [0.29, 0.717) is 17.1 Å². The molecule has 8 heteroatoms. The SMILES string of the molecule is CC1CN(c2ccc3cn(C[C@H]4CN(c5ccc(C#N)c6nccnc56)C[C@@H](C)O4)cc3c2)CCN1. The highest BCUT2D eigenvalue weighted by Crippen LogP contribution is 2.30. The van der Waals surface area contributed by atoms with E-state index in [2.05, 4.69) is 80.2 Å². The second-order valence-corrected chi connectivity index (χ2v) is 10.0. The van der Waals surface area contributed by atoms with Crippen molar-refractivity contribution >= 4 is 33.2 Å². The first-order valence-corrected chi connectivity index (χ1v) is 12.7. The molecule has 184 valence electrons. The predicted molar refractivity (Wildman–Crippen MR) is 142 cm³/mol. The molecule has 0 saturated carbocycles. The van der Waals surface area contributed by atoms with E-state index < -0.39 is 0 Å².